The van der Waals surface area contributed by atoms with Crippen LogP contribution < -0.4 is 5.73 Å². The molecule has 0 bridgehead atoms. The van der Waals surface area contributed by atoms with Crippen LogP contribution in [0, 0.1) is 5.82 Å². The smallest absolute Gasteiger partial charge is 0.123 e. The minimum atomic E-state index is -0.270. The average Bonchev–Trinajstić information content (AvgIpc) is 2.37. The van der Waals surface area contributed by atoms with Gasteiger partial charge in [0.25, 0.3) is 0 Å². The first-order valence-corrected chi connectivity index (χ1v) is 6.12. The third-order valence-electron chi connectivity index (χ3n) is 2.89. The lowest BCUT2D eigenvalue weighted by molar-refractivity contribution is 0.157. The van der Waals surface area contributed by atoms with Gasteiger partial charge in [0.05, 0.1) is 13.2 Å². The summed E-state index contributed by atoms with van der Waals surface area (Å²) in [5, 5.41) is 17.8. The molecule has 0 spiro atoms. The molecule has 1 unspecified atom stereocenters. The summed E-state index contributed by atoms with van der Waals surface area (Å²) in [5.74, 6) is -0.270. The zero-order valence-electron chi connectivity index (χ0n) is 10.4. The number of rotatable bonds is 8. The van der Waals surface area contributed by atoms with Crippen LogP contribution in [-0.2, 0) is 0 Å². The predicted molar refractivity (Wildman–Crippen MR) is 68.6 cm³/mol. The number of hydrogen-bond donors (Lipinski definition) is 3. The van der Waals surface area contributed by atoms with Crippen molar-refractivity contribution in [2.45, 2.75) is 12.5 Å². The fraction of sp³-hybridized carbons (Fsp3) is 0.538. The van der Waals surface area contributed by atoms with Gasteiger partial charge in [0.2, 0.25) is 0 Å². The first kappa shape index (κ1) is 15.0. The van der Waals surface area contributed by atoms with E-state index < -0.39 is 0 Å². The topological polar surface area (TPSA) is 69.7 Å². The van der Waals surface area contributed by atoms with E-state index in [2.05, 4.69) is 0 Å². The van der Waals surface area contributed by atoms with Crippen LogP contribution in [0.5, 0.6) is 0 Å². The Kier molecular flexibility index (Phi) is 6.82. The van der Waals surface area contributed by atoms with Crippen LogP contribution in [0.25, 0.3) is 0 Å². The van der Waals surface area contributed by atoms with Crippen LogP contribution in [0.15, 0.2) is 24.3 Å². The molecule has 0 radical (unpaired) electrons. The lowest BCUT2D eigenvalue weighted by Gasteiger charge is -2.22. The maximum atomic E-state index is 12.8. The van der Waals surface area contributed by atoms with E-state index in [0.717, 1.165) is 5.56 Å². The van der Waals surface area contributed by atoms with Crippen molar-refractivity contribution in [2.24, 2.45) is 5.73 Å². The Balaban J connectivity index is 2.43. The average molecular weight is 256 g/mol. The zero-order chi connectivity index (χ0) is 13.4. The summed E-state index contributed by atoms with van der Waals surface area (Å²) in [4.78, 5) is 1.95. The molecule has 18 heavy (non-hydrogen) atoms. The normalized spacial score (nSPS) is 12.9. The molecule has 1 atom stereocenters. The molecule has 0 heterocycles. The Bertz CT molecular complexity index is 326. The molecule has 102 valence electrons. The summed E-state index contributed by atoms with van der Waals surface area (Å²) < 4.78 is 12.8. The van der Waals surface area contributed by atoms with Gasteiger partial charge >= 0.3 is 0 Å². The number of hydrogen-bond acceptors (Lipinski definition) is 4. The molecule has 0 fully saturated rings. The molecule has 1 rings (SSSR count). The fourth-order valence-electron chi connectivity index (χ4n) is 1.82. The van der Waals surface area contributed by atoms with Gasteiger partial charge < -0.3 is 15.9 Å². The van der Waals surface area contributed by atoms with Crippen LogP contribution in [0.3, 0.4) is 0 Å². The van der Waals surface area contributed by atoms with Gasteiger partial charge in [-0.1, -0.05) is 12.1 Å². The van der Waals surface area contributed by atoms with Crippen molar-refractivity contribution in [3.63, 3.8) is 0 Å². The number of nitrogens with zero attached hydrogens (tertiary/aromatic N) is 1. The van der Waals surface area contributed by atoms with Crippen LogP contribution >= 0.6 is 0 Å². The van der Waals surface area contributed by atoms with Crippen LogP contribution in [0.2, 0.25) is 0 Å². The van der Waals surface area contributed by atoms with E-state index in [1.165, 1.54) is 12.1 Å². The Morgan fingerprint density at radius 2 is 1.61 bits per heavy atom. The molecule has 1 aromatic rings. The van der Waals surface area contributed by atoms with E-state index in [1.807, 2.05) is 4.90 Å². The Hall–Kier alpha value is -1.01. The van der Waals surface area contributed by atoms with Gasteiger partial charge in [-0.15, -0.1) is 0 Å². The summed E-state index contributed by atoms with van der Waals surface area (Å²) in [6.07, 6.45) is 0.700. The maximum Gasteiger partial charge on any atom is 0.123 e. The Labute approximate surface area is 107 Å². The standard InChI is InChI=1S/C13H21FN2O2/c14-12-3-1-11(2-4-12)13(15)5-6-16(7-9-17)8-10-18/h1-4,13,17-18H,5-10,15H2. The van der Waals surface area contributed by atoms with E-state index in [9.17, 15) is 4.39 Å². The molecule has 4 N–H and O–H groups in total. The quantitative estimate of drug-likeness (QED) is 0.633. The van der Waals surface area contributed by atoms with E-state index in [4.69, 9.17) is 15.9 Å². The van der Waals surface area contributed by atoms with Crippen molar-refractivity contribution in [3.05, 3.63) is 35.6 Å². The van der Waals surface area contributed by atoms with Gasteiger partial charge in [0.15, 0.2) is 0 Å². The summed E-state index contributed by atoms with van der Waals surface area (Å²) >= 11 is 0. The number of aliphatic hydroxyl groups excluding tert-OH is 2. The van der Waals surface area contributed by atoms with Crippen molar-refractivity contribution in [2.75, 3.05) is 32.8 Å². The van der Waals surface area contributed by atoms with E-state index in [1.54, 1.807) is 12.1 Å². The highest BCUT2D eigenvalue weighted by Crippen LogP contribution is 2.14. The highest BCUT2D eigenvalue weighted by Gasteiger charge is 2.09. The summed E-state index contributed by atoms with van der Waals surface area (Å²) in [5.41, 5.74) is 6.90. The number of aliphatic hydroxyl groups is 2. The Morgan fingerprint density at radius 1 is 1.06 bits per heavy atom. The van der Waals surface area contributed by atoms with Crippen molar-refractivity contribution in [3.8, 4) is 0 Å². The molecule has 0 aliphatic heterocycles. The number of nitrogens with two attached hydrogens (primary N) is 1. The zero-order valence-corrected chi connectivity index (χ0v) is 10.4. The van der Waals surface area contributed by atoms with Crippen molar-refractivity contribution >= 4 is 0 Å². The van der Waals surface area contributed by atoms with Crippen LogP contribution in [0.4, 0.5) is 4.39 Å². The molecule has 0 saturated heterocycles. The Morgan fingerprint density at radius 3 is 2.11 bits per heavy atom. The minimum absolute atomic E-state index is 0.0613. The van der Waals surface area contributed by atoms with Crippen molar-refractivity contribution < 1.29 is 14.6 Å². The molecular formula is C13H21FN2O2. The second-order valence-electron chi connectivity index (χ2n) is 4.24. The lowest BCUT2D eigenvalue weighted by Crippen LogP contribution is -2.32. The molecule has 5 heteroatoms. The van der Waals surface area contributed by atoms with Crippen molar-refractivity contribution in [1.29, 1.82) is 0 Å². The van der Waals surface area contributed by atoms with Gasteiger partial charge in [-0.05, 0) is 24.1 Å². The third kappa shape index (κ3) is 5.10. The summed E-state index contributed by atoms with van der Waals surface area (Å²) in [6, 6.07) is 6.00. The second-order valence-corrected chi connectivity index (χ2v) is 4.24. The largest absolute Gasteiger partial charge is 0.395 e. The van der Waals surface area contributed by atoms with Gasteiger partial charge in [-0.2, -0.15) is 0 Å². The van der Waals surface area contributed by atoms with Crippen LogP contribution in [-0.4, -0.2) is 48.0 Å². The van der Waals surface area contributed by atoms with Gasteiger partial charge in [0, 0.05) is 25.7 Å². The van der Waals surface area contributed by atoms with Gasteiger partial charge in [-0.25, -0.2) is 4.39 Å². The molecule has 0 aromatic heterocycles. The minimum Gasteiger partial charge on any atom is -0.395 e. The van der Waals surface area contributed by atoms with Crippen molar-refractivity contribution in [1.82, 2.24) is 4.90 Å². The molecular weight excluding hydrogens is 235 g/mol. The van der Waals surface area contributed by atoms with E-state index in [0.29, 0.717) is 26.1 Å². The fourth-order valence-corrected chi connectivity index (χ4v) is 1.82. The third-order valence-corrected chi connectivity index (χ3v) is 2.89. The molecule has 0 aliphatic rings. The molecule has 0 aliphatic carbocycles. The van der Waals surface area contributed by atoms with Crippen LogP contribution in [0.1, 0.15) is 18.0 Å². The summed E-state index contributed by atoms with van der Waals surface area (Å²) in [6.45, 7) is 1.87. The second kappa shape index (κ2) is 8.16. The molecule has 0 saturated carbocycles. The maximum absolute atomic E-state index is 12.8. The first-order chi connectivity index (χ1) is 8.67. The van der Waals surface area contributed by atoms with Gasteiger partial charge in [-0.3, -0.25) is 4.90 Å². The predicted octanol–water partition coefficient (Wildman–Crippen LogP) is 0.502. The molecule has 1 aromatic carbocycles. The number of halogens is 1. The van der Waals surface area contributed by atoms with Gasteiger partial charge in [0.1, 0.15) is 5.82 Å². The highest BCUT2D eigenvalue weighted by molar-refractivity contribution is 5.19. The molecule has 0 amide bonds. The summed E-state index contributed by atoms with van der Waals surface area (Å²) in [7, 11) is 0. The SMILES string of the molecule is NC(CCN(CCO)CCO)c1ccc(F)cc1. The highest BCUT2D eigenvalue weighted by atomic mass is 19.1. The monoisotopic (exact) mass is 256 g/mol. The molecule has 4 nitrogen and oxygen atoms in total. The van der Waals surface area contributed by atoms with E-state index >= 15 is 0 Å². The lowest BCUT2D eigenvalue weighted by atomic mass is 10.0. The first-order valence-electron chi connectivity index (χ1n) is 6.12. The van der Waals surface area contributed by atoms with E-state index in [-0.39, 0.29) is 25.1 Å². The number of benzene rings is 1.